The Labute approximate surface area is 294 Å². The number of rotatable bonds is 4. The monoisotopic (exact) mass is 638 g/mol. The van der Waals surface area contributed by atoms with Crippen LogP contribution in [-0.4, -0.2) is 0 Å². The molecule has 0 aliphatic heterocycles. The molecule has 0 heteroatoms. The molecule has 0 amide bonds. The lowest BCUT2D eigenvalue weighted by Crippen LogP contribution is -2.10. The van der Waals surface area contributed by atoms with Crippen LogP contribution in [0.4, 0.5) is 0 Å². The summed E-state index contributed by atoms with van der Waals surface area (Å²) in [4.78, 5) is 0. The maximum atomic E-state index is 2.45. The minimum absolute atomic E-state index is 0.0265. The van der Waals surface area contributed by atoms with Crippen molar-refractivity contribution in [2.75, 3.05) is 0 Å². The van der Waals surface area contributed by atoms with Gasteiger partial charge in [0.2, 0.25) is 0 Å². The molecule has 0 bridgehead atoms. The zero-order valence-electron chi connectivity index (χ0n) is 28.7. The smallest absolute Gasteiger partial charge is 0.00263 e. The van der Waals surface area contributed by atoms with Crippen molar-refractivity contribution in [3.63, 3.8) is 0 Å². The highest BCUT2D eigenvalue weighted by atomic mass is 14.2. The highest BCUT2D eigenvalue weighted by molar-refractivity contribution is 6.21. The van der Waals surface area contributed by atoms with Gasteiger partial charge >= 0.3 is 0 Å². The first-order valence-electron chi connectivity index (χ1n) is 17.6. The van der Waals surface area contributed by atoms with Crippen molar-refractivity contribution in [1.82, 2.24) is 0 Å². The van der Waals surface area contributed by atoms with Gasteiger partial charge in [-0.1, -0.05) is 178 Å². The maximum absolute atomic E-state index is 2.45. The lowest BCUT2D eigenvalue weighted by molar-refractivity contribution is 0.591. The minimum Gasteiger partial charge on any atom is -0.0616 e. The SMILES string of the molecule is CC(C)(C)c1ccc2c(-c3ccc(-c4ccc5ccccc5c4)cc3)c3ccccc3c(-c3ccc(-c4ccc5ccccc5c4)cc3)c2c1. The van der Waals surface area contributed by atoms with Crippen LogP contribution in [-0.2, 0) is 5.41 Å². The Hall–Kier alpha value is -5.98. The van der Waals surface area contributed by atoms with Gasteiger partial charge in [-0.2, -0.15) is 0 Å². The summed E-state index contributed by atoms with van der Waals surface area (Å²) in [5.41, 5.74) is 11.4. The predicted octanol–water partition coefficient (Wildman–Crippen LogP) is 14.3. The Morgan fingerprint density at radius 1 is 0.280 bits per heavy atom. The standard InChI is InChI=1S/C50H38/c1-50(2,3)43-28-29-46-47(32-43)49(38-24-18-36(19-25-38)42-27-21-34-11-5-7-13-40(34)31-42)45-15-9-8-14-44(45)48(46)37-22-16-35(17-23-37)41-26-20-33-10-4-6-12-39(33)30-41/h4-32H,1-3H3. The molecule has 0 nitrogen and oxygen atoms in total. The van der Waals surface area contributed by atoms with E-state index >= 15 is 0 Å². The van der Waals surface area contributed by atoms with Crippen LogP contribution in [0, 0.1) is 0 Å². The van der Waals surface area contributed by atoms with Gasteiger partial charge in [0.25, 0.3) is 0 Å². The highest BCUT2D eigenvalue weighted by Crippen LogP contribution is 2.45. The van der Waals surface area contributed by atoms with Crippen molar-refractivity contribution in [3.8, 4) is 44.5 Å². The topological polar surface area (TPSA) is 0 Å². The number of benzene rings is 9. The van der Waals surface area contributed by atoms with Gasteiger partial charge in [0.15, 0.2) is 0 Å². The second kappa shape index (κ2) is 11.9. The van der Waals surface area contributed by atoms with Crippen LogP contribution in [0.3, 0.4) is 0 Å². The lowest BCUT2D eigenvalue weighted by atomic mass is 9.81. The Balaban J connectivity index is 1.21. The molecule has 9 rings (SSSR count). The number of hydrogen-bond acceptors (Lipinski definition) is 0. The molecule has 0 saturated carbocycles. The normalized spacial score (nSPS) is 11.9. The van der Waals surface area contributed by atoms with Gasteiger partial charge in [-0.05, 0) is 117 Å². The van der Waals surface area contributed by atoms with Crippen LogP contribution in [0.1, 0.15) is 26.3 Å². The number of hydrogen-bond donors (Lipinski definition) is 0. The first kappa shape index (κ1) is 30.1. The molecule has 9 aromatic carbocycles. The van der Waals surface area contributed by atoms with Gasteiger partial charge in [-0.15, -0.1) is 0 Å². The van der Waals surface area contributed by atoms with Crippen LogP contribution in [0.2, 0.25) is 0 Å². The minimum atomic E-state index is 0.0265. The van der Waals surface area contributed by atoms with Gasteiger partial charge < -0.3 is 0 Å². The third kappa shape index (κ3) is 5.25. The molecule has 238 valence electrons. The molecule has 0 saturated heterocycles. The molecule has 0 aliphatic rings. The Morgan fingerprint density at radius 3 is 1.14 bits per heavy atom. The van der Waals surface area contributed by atoms with E-state index in [1.165, 1.54) is 93.2 Å². The third-order valence-electron chi connectivity index (χ3n) is 10.4. The van der Waals surface area contributed by atoms with Crippen LogP contribution >= 0.6 is 0 Å². The van der Waals surface area contributed by atoms with E-state index in [9.17, 15) is 0 Å². The molecule has 0 heterocycles. The fraction of sp³-hybridized carbons (Fsp3) is 0.0800. The van der Waals surface area contributed by atoms with Crippen molar-refractivity contribution in [2.24, 2.45) is 0 Å². The maximum Gasteiger partial charge on any atom is -0.00263 e. The fourth-order valence-electron chi connectivity index (χ4n) is 7.66. The molecule has 0 fully saturated rings. The summed E-state index contributed by atoms with van der Waals surface area (Å²) in [5.74, 6) is 0. The van der Waals surface area contributed by atoms with E-state index in [1.807, 2.05) is 0 Å². The fourth-order valence-corrected chi connectivity index (χ4v) is 7.66. The molecule has 0 aromatic heterocycles. The molecular weight excluding hydrogens is 601 g/mol. The van der Waals surface area contributed by atoms with Crippen molar-refractivity contribution in [2.45, 2.75) is 26.2 Å². The van der Waals surface area contributed by atoms with E-state index in [1.54, 1.807) is 0 Å². The van der Waals surface area contributed by atoms with Crippen LogP contribution in [0.15, 0.2) is 176 Å². The molecule has 0 atom stereocenters. The average molecular weight is 639 g/mol. The van der Waals surface area contributed by atoms with E-state index in [-0.39, 0.29) is 5.41 Å². The van der Waals surface area contributed by atoms with Gasteiger partial charge in [0.05, 0.1) is 0 Å². The summed E-state index contributed by atoms with van der Waals surface area (Å²) in [5, 5.41) is 10.2. The van der Waals surface area contributed by atoms with Gasteiger partial charge in [0, 0.05) is 0 Å². The van der Waals surface area contributed by atoms with Crippen LogP contribution < -0.4 is 0 Å². The zero-order chi connectivity index (χ0) is 33.8. The molecule has 9 aromatic rings. The van der Waals surface area contributed by atoms with E-state index in [2.05, 4.69) is 197 Å². The average Bonchev–Trinajstić information content (AvgIpc) is 3.16. The summed E-state index contributed by atoms with van der Waals surface area (Å²) >= 11 is 0. The molecule has 50 heavy (non-hydrogen) atoms. The van der Waals surface area contributed by atoms with Gasteiger partial charge in [-0.25, -0.2) is 0 Å². The van der Waals surface area contributed by atoms with Crippen LogP contribution in [0.25, 0.3) is 87.6 Å². The Morgan fingerprint density at radius 2 is 0.660 bits per heavy atom. The van der Waals surface area contributed by atoms with E-state index in [0.29, 0.717) is 0 Å². The summed E-state index contributed by atoms with van der Waals surface area (Å²) in [6, 6.07) is 65.1. The largest absolute Gasteiger partial charge is 0.0616 e. The molecule has 0 spiro atoms. The zero-order valence-corrected chi connectivity index (χ0v) is 28.7. The second-order valence-electron chi connectivity index (χ2n) is 14.6. The molecule has 0 unspecified atom stereocenters. The first-order chi connectivity index (χ1) is 24.4. The lowest BCUT2D eigenvalue weighted by Gasteiger charge is -2.23. The highest BCUT2D eigenvalue weighted by Gasteiger charge is 2.20. The second-order valence-corrected chi connectivity index (χ2v) is 14.6. The van der Waals surface area contributed by atoms with Crippen molar-refractivity contribution in [3.05, 3.63) is 181 Å². The summed E-state index contributed by atoms with van der Waals surface area (Å²) in [6.45, 7) is 6.92. The summed E-state index contributed by atoms with van der Waals surface area (Å²) < 4.78 is 0. The van der Waals surface area contributed by atoms with E-state index in [4.69, 9.17) is 0 Å². The molecule has 0 N–H and O–H groups in total. The molecule has 0 aliphatic carbocycles. The van der Waals surface area contributed by atoms with E-state index in [0.717, 1.165) is 0 Å². The third-order valence-corrected chi connectivity index (χ3v) is 10.4. The Bertz CT molecular complexity index is 2700. The van der Waals surface area contributed by atoms with E-state index < -0.39 is 0 Å². The molecule has 0 radical (unpaired) electrons. The summed E-state index contributed by atoms with van der Waals surface area (Å²) in [7, 11) is 0. The predicted molar refractivity (Wildman–Crippen MR) is 217 cm³/mol. The first-order valence-corrected chi connectivity index (χ1v) is 17.6. The van der Waals surface area contributed by atoms with Crippen molar-refractivity contribution < 1.29 is 0 Å². The van der Waals surface area contributed by atoms with Crippen LogP contribution in [0.5, 0.6) is 0 Å². The number of fused-ring (bicyclic) bond motifs is 4. The van der Waals surface area contributed by atoms with Crippen molar-refractivity contribution >= 4 is 43.1 Å². The Kier molecular flexibility index (Phi) is 7.14. The summed E-state index contributed by atoms with van der Waals surface area (Å²) in [6.07, 6.45) is 0. The van der Waals surface area contributed by atoms with Crippen molar-refractivity contribution in [1.29, 1.82) is 0 Å². The molecular formula is C50H38. The quantitative estimate of drug-likeness (QED) is 0.168. The van der Waals surface area contributed by atoms with Gasteiger partial charge in [-0.3, -0.25) is 0 Å². The van der Waals surface area contributed by atoms with Gasteiger partial charge in [0.1, 0.15) is 0 Å².